The van der Waals surface area contributed by atoms with Crippen molar-refractivity contribution in [3.63, 3.8) is 0 Å². The molecule has 2 fully saturated rings. The lowest BCUT2D eigenvalue weighted by Gasteiger charge is -2.33. The number of para-hydroxylation sites is 1. The second-order valence-corrected chi connectivity index (χ2v) is 8.16. The minimum absolute atomic E-state index is 0.0194. The fourth-order valence-corrected chi connectivity index (χ4v) is 4.22. The zero-order valence-corrected chi connectivity index (χ0v) is 18.4. The SMILES string of the molecule is O=C(COc1ccccc1)N1CCCC[C@@H]1c1nc(-c2ccc(N3CCOCC3)nc2)no1. The molecule has 33 heavy (non-hydrogen) atoms. The summed E-state index contributed by atoms with van der Waals surface area (Å²) in [5.74, 6) is 2.43. The fraction of sp³-hybridized carbons (Fsp3) is 0.417. The molecule has 0 bridgehead atoms. The summed E-state index contributed by atoms with van der Waals surface area (Å²) < 4.78 is 16.7. The number of hydrogen-bond donors (Lipinski definition) is 0. The van der Waals surface area contributed by atoms with Gasteiger partial charge in [0, 0.05) is 31.4 Å². The van der Waals surface area contributed by atoms with Crippen LogP contribution in [0.4, 0.5) is 5.82 Å². The summed E-state index contributed by atoms with van der Waals surface area (Å²) in [6.45, 7) is 3.72. The second-order valence-electron chi connectivity index (χ2n) is 8.16. The van der Waals surface area contributed by atoms with E-state index in [1.165, 1.54) is 0 Å². The summed E-state index contributed by atoms with van der Waals surface area (Å²) in [7, 11) is 0. The number of anilines is 1. The Balaban J connectivity index is 1.26. The lowest BCUT2D eigenvalue weighted by atomic mass is 10.0. The largest absolute Gasteiger partial charge is 0.484 e. The summed E-state index contributed by atoms with van der Waals surface area (Å²) in [6.07, 6.45) is 4.49. The smallest absolute Gasteiger partial charge is 0.261 e. The molecular formula is C24H27N5O4. The van der Waals surface area contributed by atoms with Gasteiger partial charge in [-0.1, -0.05) is 23.4 Å². The molecule has 2 saturated heterocycles. The maximum Gasteiger partial charge on any atom is 0.261 e. The highest BCUT2D eigenvalue weighted by Crippen LogP contribution is 2.31. The maximum atomic E-state index is 12.9. The number of carbonyl (C=O) groups excluding carboxylic acids is 1. The number of aromatic nitrogens is 3. The van der Waals surface area contributed by atoms with Gasteiger partial charge in [0.15, 0.2) is 6.61 Å². The second kappa shape index (κ2) is 9.99. The van der Waals surface area contributed by atoms with Crippen molar-refractivity contribution in [3.8, 4) is 17.1 Å². The Kier molecular flexibility index (Phi) is 6.48. The molecule has 1 atom stereocenters. The van der Waals surface area contributed by atoms with E-state index in [0.29, 0.717) is 37.2 Å². The van der Waals surface area contributed by atoms with E-state index in [-0.39, 0.29) is 18.6 Å². The maximum absolute atomic E-state index is 12.9. The lowest BCUT2D eigenvalue weighted by Crippen LogP contribution is -2.41. The van der Waals surface area contributed by atoms with Gasteiger partial charge in [0.05, 0.1) is 13.2 Å². The third kappa shape index (κ3) is 4.98. The standard InChI is InChI=1S/C24H27N5O4/c30-22(17-32-19-6-2-1-3-7-19)29-11-5-4-8-20(29)24-26-23(27-33-24)18-9-10-21(25-16-18)28-12-14-31-15-13-28/h1-3,6-7,9-10,16,20H,4-5,8,11-15,17H2/t20-/m1/s1. The van der Waals surface area contributed by atoms with E-state index >= 15 is 0 Å². The van der Waals surface area contributed by atoms with Gasteiger partial charge in [0.2, 0.25) is 11.7 Å². The molecule has 9 nitrogen and oxygen atoms in total. The molecule has 0 N–H and O–H groups in total. The van der Waals surface area contributed by atoms with Crippen LogP contribution in [-0.4, -0.2) is 65.4 Å². The van der Waals surface area contributed by atoms with Crippen LogP contribution in [0.2, 0.25) is 0 Å². The number of morpholine rings is 1. The topological polar surface area (TPSA) is 93.8 Å². The highest BCUT2D eigenvalue weighted by Gasteiger charge is 2.32. The molecule has 0 unspecified atom stereocenters. The molecule has 1 aromatic carbocycles. The first-order valence-corrected chi connectivity index (χ1v) is 11.4. The number of amides is 1. The predicted molar refractivity (Wildman–Crippen MR) is 121 cm³/mol. The summed E-state index contributed by atoms with van der Waals surface area (Å²) in [6, 6.07) is 13.0. The number of ether oxygens (including phenoxy) is 2. The number of benzene rings is 1. The van der Waals surface area contributed by atoms with E-state index in [2.05, 4.69) is 20.0 Å². The third-order valence-corrected chi connectivity index (χ3v) is 6.00. The van der Waals surface area contributed by atoms with Crippen molar-refractivity contribution < 1.29 is 18.8 Å². The van der Waals surface area contributed by atoms with Crippen LogP contribution in [0.15, 0.2) is 53.2 Å². The van der Waals surface area contributed by atoms with Crippen LogP contribution in [0.3, 0.4) is 0 Å². The highest BCUT2D eigenvalue weighted by molar-refractivity contribution is 5.78. The van der Waals surface area contributed by atoms with E-state index in [0.717, 1.165) is 43.7 Å². The van der Waals surface area contributed by atoms with E-state index in [9.17, 15) is 4.79 Å². The van der Waals surface area contributed by atoms with Crippen molar-refractivity contribution in [3.05, 3.63) is 54.6 Å². The van der Waals surface area contributed by atoms with Crippen molar-refractivity contribution in [1.82, 2.24) is 20.0 Å². The Morgan fingerprint density at radius 1 is 1.06 bits per heavy atom. The van der Waals surface area contributed by atoms with E-state index in [1.54, 1.807) is 11.1 Å². The summed E-state index contributed by atoms with van der Waals surface area (Å²) >= 11 is 0. The zero-order chi connectivity index (χ0) is 22.5. The summed E-state index contributed by atoms with van der Waals surface area (Å²) in [5.41, 5.74) is 0.781. The molecule has 2 aliphatic heterocycles. The molecule has 0 radical (unpaired) electrons. The molecule has 4 heterocycles. The molecule has 9 heteroatoms. The Morgan fingerprint density at radius 2 is 1.91 bits per heavy atom. The number of likely N-dealkylation sites (tertiary alicyclic amines) is 1. The molecule has 0 saturated carbocycles. The van der Waals surface area contributed by atoms with E-state index in [1.807, 2.05) is 42.5 Å². The van der Waals surface area contributed by atoms with E-state index in [4.69, 9.17) is 14.0 Å². The number of piperidine rings is 1. The molecule has 172 valence electrons. The lowest BCUT2D eigenvalue weighted by molar-refractivity contribution is -0.138. The van der Waals surface area contributed by atoms with Crippen LogP contribution < -0.4 is 9.64 Å². The molecule has 5 rings (SSSR count). The van der Waals surface area contributed by atoms with Crippen molar-refractivity contribution in [2.75, 3.05) is 44.4 Å². The van der Waals surface area contributed by atoms with Crippen LogP contribution >= 0.6 is 0 Å². The molecule has 0 spiro atoms. The summed E-state index contributed by atoms with van der Waals surface area (Å²) in [5, 5.41) is 4.16. The Hall–Kier alpha value is -3.46. The van der Waals surface area contributed by atoms with Gasteiger partial charge in [-0.3, -0.25) is 4.79 Å². The molecule has 2 aliphatic rings. The predicted octanol–water partition coefficient (Wildman–Crippen LogP) is 3.10. The van der Waals surface area contributed by atoms with Gasteiger partial charge in [-0.15, -0.1) is 0 Å². The highest BCUT2D eigenvalue weighted by atomic mass is 16.5. The van der Waals surface area contributed by atoms with Gasteiger partial charge in [-0.25, -0.2) is 4.98 Å². The van der Waals surface area contributed by atoms with Crippen molar-refractivity contribution >= 4 is 11.7 Å². The first-order valence-electron chi connectivity index (χ1n) is 11.4. The Morgan fingerprint density at radius 3 is 2.70 bits per heavy atom. The quantitative estimate of drug-likeness (QED) is 0.567. The van der Waals surface area contributed by atoms with Crippen LogP contribution in [0.5, 0.6) is 5.75 Å². The number of pyridine rings is 1. The molecule has 0 aliphatic carbocycles. The molecule has 1 amide bonds. The first kappa shape index (κ1) is 21.4. The van der Waals surface area contributed by atoms with Gasteiger partial charge in [-0.2, -0.15) is 4.98 Å². The zero-order valence-electron chi connectivity index (χ0n) is 18.4. The minimum atomic E-state index is -0.243. The van der Waals surface area contributed by atoms with Gasteiger partial charge >= 0.3 is 0 Å². The van der Waals surface area contributed by atoms with Gasteiger partial charge in [-0.05, 0) is 43.5 Å². The van der Waals surface area contributed by atoms with Gasteiger partial charge in [0.25, 0.3) is 5.91 Å². The number of nitrogens with zero attached hydrogens (tertiary/aromatic N) is 5. The van der Waals surface area contributed by atoms with Crippen LogP contribution in [0.1, 0.15) is 31.2 Å². The summed E-state index contributed by atoms with van der Waals surface area (Å²) in [4.78, 5) is 26.1. The van der Waals surface area contributed by atoms with Gasteiger partial charge in [0.1, 0.15) is 17.6 Å². The first-order chi connectivity index (χ1) is 16.3. The normalized spacial score (nSPS) is 18.8. The van der Waals surface area contributed by atoms with Crippen molar-refractivity contribution in [1.29, 1.82) is 0 Å². The van der Waals surface area contributed by atoms with Crippen molar-refractivity contribution in [2.45, 2.75) is 25.3 Å². The minimum Gasteiger partial charge on any atom is -0.484 e. The number of carbonyl (C=O) groups is 1. The molecule has 3 aromatic rings. The fourth-order valence-electron chi connectivity index (χ4n) is 4.22. The van der Waals surface area contributed by atoms with E-state index < -0.39 is 0 Å². The van der Waals surface area contributed by atoms with Crippen LogP contribution in [-0.2, 0) is 9.53 Å². The van der Waals surface area contributed by atoms with Gasteiger partial charge < -0.3 is 23.8 Å². The monoisotopic (exact) mass is 449 g/mol. The third-order valence-electron chi connectivity index (χ3n) is 6.00. The Labute approximate surface area is 192 Å². The van der Waals surface area contributed by atoms with Crippen molar-refractivity contribution in [2.24, 2.45) is 0 Å². The van der Waals surface area contributed by atoms with Crippen LogP contribution in [0, 0.1) is 0 Å². The average molecular weight is 450 g/mol. The molecule has 2 aromatic heterocycles. The van der Waals surface area contributed by atoms with Crippen LogP contribution in [0.25, 0.3) is 11.4 Å². The Bertz CT molecular complexity index is 1050. The molecular weight excluding hydrogens is 422 g/mol. The number of hydrogen-bond acceptors (Lipinski definition) is 8. The number of rotatable bonds is 6. The average Bonchev–Trinajstić information content (AvgIpc) is 3.39.